The van der Waals surface area contributed by atoms with Gasteiger partial charge < -0.3 is 16.4 Å². The van der Waals surface area contributed by atoms with Crippen LogP contribution in [0.15, 0.2) is 18.3 Å². The quantitative estimate of drug-likeness (QED) is 0.602. The van der Waals surface area contributed by atoms with Gasteiger partial charge in [0.05, 0.1) is 23.1 Å². The summed E-state index contributed by atoms with van der Waals surface area (Å²) in [5.41, 5.74) is 8.47. The van der Waals surface area contributed by atoms with E-state index in [0.29, 0.717) is 18.7 Å². The van der Waals surface area contributed by atoms with Crippen LogP contribution in [-0.2, 0) is 4.79 Å². The molecule has 18 heavy (non-hydrogen) atoms. The van der Waals surface area contributed by atoms with E-state index in [1.165, 1.54) is 0 Å². The number of rotatable bonds is 3. The molecule has 0 bridgehead atoms. The van der Waals surface area contributed by atoms with Crippen molar-refractivity contribution in [1.29, 1.82) is 0 Å². The van der Waals surface area contributed by atoms with Crippen LogP contribution in [0.5, 0.6) is 0 Å². The summed E-state index contributed by atoms with van der Waals surface area (Å²) in [6.07, 6.45) is 3.23. The summed E-state index contributed by atoms with van der Waals surface area (Å²) in [5, 5.41) is 14.0. The van der Waals surface area contributed by atoms with Crippen molar-refractivity contribution in [3.05, 3.63) is 18.3 Å². The molecule has 3 rings (SSSR count). The Bertz CT molecular complexity index is 591. The minimum absolute atomic E-state index is 0.124. The van der Waals surface area contributed by atoms with Gasteiger partial charge in [-0.2, -0.15) is 5.10 Å². The number of amides is 1. The molecule has 1 atom stereocenters. The van der Waals surface area contributed by atoms with Gasteiger partial charge in [-0.05, 0) is 18.6 Å². The van der Waals surface area contributed by atoms with Gasteiger partial charge >= 0.3 is 0 Å². The second-order valence-corrected chi connectivity index (χ2v) is 4.58. The Labute approximate surface area is 104 Å². The molecule has 1 amide bonds. The predicted molar refractivity (Wildman–Crippen MR) is 70.2 cm³/mol. The zero-order chi connectivity index (χ0) is 12.5. The van der Waals surface area contributed by atoms with Crippen LogP contribution in [0.3, 0.4) is 0 Å². The Morgan fingerprint density at radius 3 is 3.17 bits per heavy atom. The number of nitrogen functional groups attached to an aromatic ring is 1. The van der Waals surface area contributed by atoms with Crippen molar-refractivity contribution in [2.45, 2.75) is 18.9 Å². The molecule has 94 valence electrons. The van der Waals surface area contributed by atoms with Gasteiger partial charge in [0, 0.05) is 24.4 Å². The number of nitrogens with zero attached hydrogens (tertiary/aromatic N) is 1. The molecule has 0 aliphatic carbocycles. The molecule has 1 aliphatic rings. The number of aromatic nitrogens is 2. The van der Waals surface area contributed by atoms with Crippen LogP contribution in [0.2, 0.25) is 0 Å². The fourth-order valence-corrected chi connectivity index (χ4v) is 2.23. The number of benzene rings is 1. The smallest absolute Gasteiger partial charge is 0.220 e. The van der Waals surface area contributed by atoms with E-state index in [-0.39, 0.29) is 11.9 Å². The number of anilines is 2. The van der Waals surface area contributed by atoms with E-state index >= 15 is 0 Å². The van der Waals surface area contributed by atoms with E-state index in [1.807, 2.05) is 12.1 Å². The van der Waals surface area contributed by atoms with E-state index < -0.39 is 0 Å². The lowest BCUT2D eigenvalue weighted by atomic mass is 10.2. The van der Waals surface area contributed by atoms with Crippen molar-refractivity contribution in [2.24, 2.45) is 0 Å². The molecule has 1 saturated heterocycles. The first-order valence-electron chi connectivity index (χ1n) is 5.98. The van der Waals surface area contributed by atoms with Crippen LogP contribution in [-0.4, -0.2) is 28.7 Å². The fourth-order valence-electron chi connectivity index (χ4n) is 2.23. The molecule has 1 fully saturated rings. The molecule has 0 radical (unpaired) electrons. The first-order valence-corrected chi connectivity index (χ1v) is 5.98. The van der Waals surface area contributed by atoms with E-state index in [4.69, 9.17) is 5.73 Å². The molecule has 6 nitrogen and oxygen atoms in total. The van der Waals surface area contributed by atoms with Gasteiger partial charge in [0.25, 0.3) is 0 Å². The highest BCUT2D eigenvalue weighted by atomic mass is 16.1. The van der Waals surface area contributed by atoms with E-state index in [1.54, 1.807) is 6.20 Å². The van der Waals surface area contributed by atoms with Crippen molar-refractivity contribution in [2.75, 3.05) is 17.6 Å². The third-order valence-electron chi connectivity index (χ3n) is 3.23. The lowest BCUT2D eigenvalue weighted by Crippen LogP contribution is -2.31. The van der Waals surface area contributed by atoms with Crippen LogP contribution < -0.4 is 16.4 Å². The summed E-state index contributed by atoms with van der Waals surface area (Å²) < 4.78 is 0. The van der Waals surface area contributed by atoms with Crippen molar-refractivity contribution in [3.63, 3.8) is 0 Å². The maximum Gasteiger partial charge on any atom is 0.220 e. The van der Waals surface area contributed by atoms with Crippen LogP contribution in [0.25, 0.3) is 10.9 Å². The zero-order valence-corrected chi connectivity index (χ0v) is 9.86. The molecule has 1 aromatic heterocycles. The highest BCUT2D eigenvalue weighted by Gasteiger charge is 2.20. The molecule has 0 spiro atoms. The van der Waals surface area contributed by atoms with Crippen LogP contribution in [0, 0.1) is 0 Å². The summed E-state index contributed by atoms with van der Waals surface area (Å²) in [7, 11) is 0. The lowest BCUT2D eigenvalue weighted by molar-refractivity contribution is -0.119. The molecule has 1 unspecified atom stereocenters. The van der Waals surface area contributed by atoms with Gasteiger partial charge in [-0.25, -0.2) is 0 Å². The highest BCUT2D eigenvalue weighted by Crippen LogP contribution is 2.24. The summed E-state index contributed by atoms with van der Waals surface area (Å²) in [6.45, 7) is 0.690. The molecule has 2 aromatic rings. The van der Waals surface area contributed by atoms with Gasteiger partial charge in [-0.1, -0.05) is 0 Å². The van der Waals surface area contributed by atoms with Crippen molar-refractivity contribution in [1.82, 2.24) is 15.5 Å². The number of hydrogen-bond donors (Lipinski definition) is 4. The van der Waals surface area contributed by atoms with Gasteiger partial charge in [0.1, 0.15) is 0 Å². The monoisotopic (exact) mass is 245 g/mol. The van der Waals surface area contributed by atoms with Crippen LogP contribution in [0.1, 0.15) is 12.8 Å². The maximum absolute atomic E-state index is 11.1. The van der Waals surface area contributed by atoms with Crippen LogP contribution in [0.4, 0.5) is 11.4 Å². The molecule has 2 heterocycles. The Morgan fingerprint density at radius 1 is 1.50 bits per heavy atom. The average Bonchev–Trinajstić information content (AvgIpc) is 2.94. The number of carbonyl (C=O) groups excluding carboxylic acids is 1. The summed E-state index contributed by atoms with van der Waals surface area (Å²) in [4.78, 5) is 11.1. The Balaban J connectivity index is 1.73. The number of hydrogen-bond acceptors (Lipinski definition) is 4. The zero-order valence-electron chi connectivity index (χ0n) is 9.86. The minimum Gasteiger partial charge on any atom is -0.397 e. The summed E-state index contributed by atoms with van der Waals surface area (Å²) in [6, 6.07) is 4.01. The van der Waals surface area contributed by atoms with E-state index in [9.17, 15) is 4.79 Å². The van der Waals surface area contributed by atoms with E-state index in [0.717, 1.165) is 23.0 Å². The SMILES string of the molecule is Nc1cc2cn[nH]c2cc1NCC1CCC(=O)N1. The van der Waals surface area contributed by atoms with Crippen LogP contribution >= 0.6 is 0 Å². The third-order valence-corrected chi connectivity index (χ3v) is 3.23. The minimum atomic E-state index is 0.124. The normalized spacial score (nSPS) is 19.1. The number of nitrogens with two attached hydrogens (primary N) is 1. The highest BCUT2D eigenvalue weighted by molar-refractivity contribution is 5.88. The molecule has 0 saturated carbocycles. The lowest BCUT2D eigenvalue weighted by Gasteiger charge is -2.14. The number of fused-ring (bicyclic) bond motifs is 1. The molecule has 1 aliphatic heterocycles. The Morgan fingerprint density at radius 2 is 2.39 bits per heavy atom. The van der Waals surface area contributed by atoms with Crippen molar-refractivity contribution >= 4 is 28.2 Å². The fraction of sp³-hybridized carbons (Fsp3) is 0.333. The molecular formula is C12H15N5O. The summed E-state index contributed by atoms with van der Waals surface area (Å²) in [5.74, 6) is 0.124. The Hall–Kier alpha value is -2.24. The third kappa shape index (κ3) is 1.97. The number of aromatic amines is 1. The number of nitrogens with one attached hydrogen (secondary N) is 3. The Kier molecular flexibility index (Phi) is 2.55. The second kappa shape index (κ2) is 4.21. The van der Waals surface area contributed by atoms with Gasteiger partial charge in [-0.3, -0.25) is 9.89 Å². The first kappa shape index (κ1) is 10.9. The topological polar surface area (TPSA) is 95.8 Å². The molecular weight excluding hydrogens is 230 g/mol. The van der Waals surface area contributed by atoms with Gasteiger partial charge in [0.2, 0.25) is 5.91 Å². The van der Waals surface area contributed by atoms with Crippen molar-refractivity contribution in [3.8, 4) is 0 Å². The number of carbonyl (C=O) groups is 1. The number of H-pyrrole nitrogens is 1. The van der Waals surface area contributed by atoms with Gasteiger partial charge in [0.15, 0.2) is 0 Å². The largest absolute Gasteiger partial charge is 0.397 e. The molecule has 6 heteroatoms. The van der Waals surface area contributed by atoms with Gasteiger partial charge in [-0.15, -0.1) is 0 Å². The molecule has 5 N–H and O–H groups in total. The average molecular weight is 245 g/mol. The second-order valence-electron chi connectivity index (χ2n) is 4.58. The van der Waals surface area contributed by atoms with E-state index in [2.05, 4.69) is 20.8 Å². The summed E-state index contributed by atoms with van der Waals surface area (Å²) >= 11 is 0. The van der Waals surface area contributed by atoms with Crippen molar-refractivity contribution < 1.29 is 4.79 Å². The first-order chi connectivity index (χ1) is 8.72. The standard InChI is InChI=1S/C12H15N5O/c13-9-3-7-5-15-17-10(7)4-11(9)14-6-8-1-2-12(18)16-8/h3-5,8,14H,1-2,6,13H2,(H,15,17)(H,16,18). The predicted octanol–water partition coefficient (Wildman–Crippen LogP) is 0.836. The molecule has 1 aromatic carbocycles. The maximum atomic E-state index is 11.1.